The highest BCUT2D eigenvalue weighted by atomic mass is 19.1. The minimum atomic E-state index is -0.934. The van der Waals surface area contributed by atoms with Crippen LogP contribution < -0.4 is 11.3 Å². The lowest BCUT2D eigenvalue weighted by Gasteiger charge is -2.40. The van der Waals surface area contributed by atoms with Crippen molar-refractivity contribution in [3.05, 3.63) is 88.1 Å². The summed E-state index contributed by atoms with van der Waals surface area (Å²) in [5.74, 6) is -1.15. The Bertz CT molecular complexity index is 1210. The Morgan fingerprint density at radius 3 is 2.53 bits per heavy atom. The van der Waals surface area contributed by atoms with Gasteiger partial charge in [-0.1, -0.05) is 36.4 Å². The maximum Gasteiger partial charge on any atom is 0.274 e. The third kappa shape index (κ3) is 4.44. The topological polar surface area (TPSA) is 109 Å². The Labute approximate surface area is 184 Å². The first-order chi connectivity index (χ1) is 15.4. The van der Waals surface area contributed by atoms with Gasteiger partial charge in [-0.25, -0.2) is 9.49 Å². The second-order valence-corrected chi connectivity index (χ2v) is 8.17. The number of nitrogens with zero attached hydrogens (tertiary/aromatic N) is 2. The van der Waals surface area contributed by atoms with Crippen molar-refractivity contribution in [2.24, 2.45) is 11.1 Å². The van der Waals surface area contributed by atoms with Crippen molar-refractivity contribution in [2.75, 3.05) is 13.1 Å². The molecule has 0 spiro atoms. The number of nitrogens with one attached hydrogen (secondary N) is 1. The number of carbonyl (C=O) groups is 2. The van der Waals surface area contributed by atoms with Gasteiger partial charge < -0.3 is 10.6 Å². The van der Waals surface area contributed by atoms with Crippen LogP contribution in [0.4, 0.5) is 4.39 Å². The fourth-order valence-electron chi connectivity index (χ4n) is 4.28. The second kappa shape index (κ2) is 8.74. The molecule has 1 aromatic heterocycles. The molecule has 0 aliphatic carbocycles. The van der Waals surface area contributed by atoms with Crippen molar-refractivity contribution in [1.82, 2.24) is 15.1 Å². The minimum absolute atomic E-state index is 0.109. The largest absolute Gasteiger partial charge is 0.369 e. The second-order valence-electron chi connectivity index (χ2n) is 8.17. The van der Waals surface area contributed by atoms with Crippen LogP contribution in [0.1, 0.15) is 28.9 Å². The van der Waals surface area contributed by atoms with E-state index in [1.54, 1.807) is 11.0 Å². The minimum Gasteiger partial charge on any atom is -0.369 e. The van der Waals surface area contributed by atoms with Gasteiger partial charge in [-0.3, -0.25) is 14.4 Å². The van der Waals surface area contributed by atoms with E-state index in [-0.39, 0.29) is 24.0 Å². The first kappa shape index (κ1) is 21.4. The van der Waals surface area contributed by atoms with Crippen molar-refractivity contribution in [3.8, 4) is 11.1 Å². The monoisotopic (exact) mass is 434 g/mol. The standard InChI is InChI=1S/C24H23FN4O3/c25-19-7-2-6-18(13-19)17-5-1-4-16(12-17)14-24(23(26)32)10-3-11-29(15-24)22(31)20-8-9-21(30)28-27-20/h1-2,4-9,12-13H,3,10-11,14-15H2,(H2,26,32)(H,28,30)/t24-/m1/s1. The molecule has 7 nitrogen and oxygen atoms in total. The number of rotatable bonds is 5. The van der Waals surface area contributed by atoms with Gasteiger partial charge in [0.2, 0.25) is 5.91 Å². The first-order valence-corrected chi connectivity index (χ1v) is 10.4. The number of piperidine rings is 1. The number of H-pyrrole nitrogens is 1. The van der Waals surface area contributed by atoms with E-state index in [0.29, 0.717) is 25.8 Å². The van der Waals surface area contributed by atoms with Gasteiger partial charge >= 0.3 is 0 Å². The van der Waals surface area contributed by atoms with Crippen LogP contribution in [0.2, 0.25) is 0 Å². The lowest BCUT2D eigenvalue weighted by molar-refractivity contribution is -0.130. The molecule has 164 valence electrons. The normalized spacial score (nSPS) is 18.3. The first-order valence-electron chi connectivity index (χ1n) is 10.4. The molecule has 0 radical (unpaired) electrons. The Balaban J connectivity index is 1.59. The molecule has 1 fully saturated rings. The lowest BCUT2D eigenvalue weighted by atomic mass is 9.74. The van der Waals surface area contributed by atoms with Crippen LogP contribution >= 0.6 is 0 Å². The van der Waals surface area contributed by atoms with E-state index in [0.717, 1.165) is 16.7 Å². The van der Waals surface area contributed by atoms with Crippen LogP contribution in [0.25, 0.3) is 11.1 Å². The SMILES string of the molecule is NC(=O)[C@@]1(Cc2cccc(-c3cccc(F)c3)c2)CCCN(C(=O)c2ccc(=O)[nH]n2)C1. The summed E-state index contributed by atoms with van der Waals surface area (Å²) in [7, 11) is 0. The van der Waals surface area contributed by atoms with Crippen molar-refractivity contribution in [2.45, 2.75) is 19.3 Å². The van der Waals surface area contributed by atoms with Crippen LogP contribution in [0.3, 0.4) is 0 Å². The molecule has 8 heteroatoms. The molecule has 0 bridgehead atoms. The molecule has 1 saturated heterocycles. The highest BCUT2D eigenvalue weighted by Gasteiger charge is 2.42. The van der Waals surface area contributed by atoms with Gasteiger partial charge in [-0.05, 0) is 54.2 Å². The quantitative estimate of drug-likeness (QED) is 0.643. The number of likely N-dealkylation sites (tertiary alicyclic amines) is 1. The molecule has 3 aromatic rings. The third-order valence-corrected chi connectivity index (χ3v) is 5.91. The molecular formula is C24H23FN4O3. The molecule has 2 aromatic carbocycles. The highest BCUT2D eigenvalue weighted by Crippen LogP contribution is 2.35. The summed E-state index contributed by atoms with van der Waals surface area (Å²) in [6.45, 7) is 0.629. The van der Waals surface area contributed by atoms with Crippen molar-refractivity contribution in [1.29, 1.82) is 0 Å². The number of aromatic nitrogens is 2. The number of primary amides is 1. The number of carbonyl (C=O) groups excluding carboxylic acids is 2. The van der Waals surface area contributed by atoms with Crippen molar-refractivity contribution >= 4 is 11.8 Å². The van der Waals surface area contributed by atoms with Crippen LogP contribution in [-0.2, 0) is 11.2 Å². The molecular weight excluding hydrogens is 411 g/mol. The molecule has 2 heterocycles. The van der Waals surface area contributed by atoms with E-state index in [2.05, 4.69) is 10.2 Å². The van der Waals surface area contributed by atoms with Crippen molar-refractivity contribution < 1.29 is 14.0 Å². The van der Waals surface area contributed by atoms with E-state index in [1.807, 2.05) is 30.3 Å². The summed E-state index contributed by atoms with van der Waals surface area (Å²) in [6, 6.07) is 16.5. The maximum atomic E-state index is 13.7. The van der Waals surface area contributed by atoms with Gasteiger partial charge in [0.1, 0.15) is 11.5 Å². The predicted molar refractivity (Wildman–Crippen MR) is 117 cm³/mol. The fraction of sp³-hybridized carbons (Fsp3) is 0.250. The summed E-state index contributed by atoms with van der Waals surface area (Å²) in [5, 5.41) is 6.06. The van der Waals surface area contributed by atoms with Crippen molar-refractivity contribution in [3.63, 3.8) is 0 Å². The van der Waals surface area contributed by atoms with E-state index in [1.165, 1.54) is 24.3 Å². The summed E-state index contributed by atoms with van der Waals surface area (Å²) >= 11 is 0. The van der Waals surface area contributed by atoms with Crippen LogP contribution in [0, 0.1) is 11.2 Å². The molecule has 1 aliphatic heterocycles. The molecule has 32 heavy (non-hydrogen) atoms. The Morgan fingerprint density at radius 1 is 1.09 bits per heavy atom. The summed E-state index contributed by atoms with van der Waals surface area (Å²) in [4.78, 5) is 38.3. The Morgan fingerprint density at radius 2 is 1.84 bits per heavy atom. The number of amides is 2. The van der Waals surface area contributed by atoms with E-state index in [9.17, 15) is 18.8 Å². The summed E-state index contributed by atoms with van der Waals surface area (Å²) in [5.41, 5.74) is 7.08. The van der Waals surface area contributed by atoms with Gasteiger partial charge in [-0.15, -0.1) is 0 Å². The van der Waals surface area contributed by atoms with Crippen LogP contribution in [-0.4, -0.2) is 40.0 Å². The number of nitrogens with two attached hydrogens (primary N) is 1. The van der Waals surface area contributed by atoms with E-state index in [4.69, 9.17) is 5.73 Å². The van der Waals surface area contributed by atoms with E-state index < -0.39 is 16.9 Å². The number of halogens is 1. The highest BCUT2D eigenvalue weighted by molar-refractivity contribution is 5.93. The van der Waals surface area contributed by atoms with Gasteiger partial charge in [0.25, 0.3) is 11.5 Å². The molecule has 4 rings (SSSR count). The zero-order valence-corrected chi connectivity index (χ0v) is 17.4. The summed E-state index contributed by atoms with van der Waals surface area (Å²) in [6.07, 6.45) is 1.52. The Kier molecular flexibility index (Phi) is 5.85. The number of hydrogen-bond acceptors (Lipinski definition) is 4. The number of aromatic amines is 1. The van der Waals surface area contributed by atoms with Gasteiger partial charge in [0, 0.05) is 19.2 Å². The van der Waals surface area contributed by atoms with E-state index >= 15 is 0 Å². The average Bonchev–Trinajstić information content (AvgIpc) is 2.79. The third-order valence-electron chi connectivity index (χ3n) is 5.91. The molecule has 0 unspecified atom stereocenters. The van der Waals surface area contributed by atoms with Crippen LogP contribution in [0.5, 0.6) is 0 Å². The fourth-order valence-corrected chi connectivity index (χ4v) is 4.28. The number of hydrogen-bond donors (Lipinski definition) is 2. The van der Waals surface area contributed by atoms with Crippen LogP contribution in [0.15, 0.2) is 65.5 Å². The zero-order chi connectivity index (χ0) is 22.7. The van der Waals surface area contributed by atoms with Gasteiger partial charge in [0.05, 0.1) is 5.41 Å². The smallest absolute Gasteiger partial charge is 0.274 e. The molecule has 0 saturated carbocycles. The molecule has 3 N–H and O–H groups in total. The average molecular weight is 434 g/mol. The molecule has 1 aliphatic rings. The molecule has 2 amide bonds. The Hall–Kier alpha value is -3.81. The molecule has 1 atom stereocenters. The predicted octanol–water partition coefficient (Wildman–Crippen LogP) is 2.53. The lowest BCUT2D eigenvalue weighted by Crippen LogP contribution is -2.53. The van der Waals surface area contributed by atoms with Gasteiger partial charge in [0.15, 0.2) is 0 Å². The summed E-state index contributed by atoms with van der Waals surface area (Å²) < 4.78 is 13.7. The van der Waals surface area contributed by atoms with Gasteiger partial charge in [-0.2, -0.15) is 5.10 Å². The zero-order valence-electron chi connectivity index (χ0n) is 17.4. The maximum absolute atomic E-state index is 13.7. The number of benzene rings is 2.